The second kappa shape index (κ2) is 4.52. The minimum absolute atomic E-state index is 0.0317. The summed E-state index contributed by atoms with van der Waals surface area (Å²) in [6, 6.07) is 0. The van der Waals surface area contributed by atoms with Crippen molar-refractivity contribution >= 4 is 5.91 Å². The van der Waals surface area contributed by atoms with Gasteiger partial charge in [0.15, 0.2) is 0 Å². The number of aliphatic hydroxyl groups is 1. The molecule has 0 heterocycles. The summed E-state index contributed by atoms with van der Waals surface area (Å²) in [6.07, 6.45) is 3.50. The molecule has 1 aliphatic carbocycles. The van der Waals surface area contributed by atoms with Crippen LogP contribution in [0.2, 0.25) is 0 Å². The van der Waals surface area contributed by atoms with Crippen LogP contribution in [0.1, 0.15) is 46.5 Å². The van der Waals surface area contributed by atoms with E-state index >= 15 is 0 Å². The number of primary amides is 1. The molecular weight excluding hydrogens is 190 g/mol. The van der Waals surface area contributed by atoms with Crippen molar-refractivity contribution < 1.29 is 9.90 Å². The summed E-state index contributed by atoms with van der Waals surface area (Å²) < 4.78 is 0. The average molecular weight is 213 g/mol. The van der Waals surface area contributed by atoms with E-state index in [0.29, 0.717) is 5.92 Å². The van der Waals surface area contributed by atoms with Gasteiger partial charge in [-0.3, -0.25) is 4.79 Å². The van der Waals surface area contributed by atoms with Crippen molar-refractivity contribution in [1.29, 1.82) is 0 Å². The zero-order valence-corrected chi connectivity index (χ0v) is 9.99. The Bertz CT molecular complexity index is 228. The minimum atomic E-state index is -0.609. The number of rotatable bonds is 3. The number of nitrogens with two attached hydrogens (primary N) is 1. The van der Waals surface area contributed by atoms with Crippen molar-refractivity contribution in [3.63, 3.8) is 0 Å². The fourth-order valence-corrected chi connectivity index (χ4v) is 2.43. The van der Waals surface area contributed by atoms with E-state index in [-0.39, 0.29) is 17.7 Å². The van der Waals surface area contributed by atoms with Gasteiger partial charge in [-0.05, 0) is 44.4 Å². The Morgan fingerprint density at radius 2 is 1.80 bits per heavy atom. The number of carbonyl (C=O) groups excluding carboxylic acids is 1. The van der Waals surface area contributed by atoms with Gasteiger partial charge in [0, 0.05) is 5.92 Å². The van der Waals surface area contributed by atoms with Crippen LogP contribution in [0.25, 0.3) is 0 Å². The first kappa shape index (κ1) is 12.5. The Kier molecular flexibility index (Phi) is 3.77. The van der Waals surface area contributed by atoms with Gasteiger partial charge in [0.2, 0.25) is 5.91 Å². The van der Waals surface area contributed by atoms with Crippen LogP contribution < -0.4 is 5.73 Å². The lowest BCUT2D eigenvalue weighted by molar-refractivity contribution is -0.124. The molecule has 0 bridgehead atoms. The van der Waals surface area contributed by atoms with Gasteiger partial charge < -0.3 is 10.8 Å². The molecule has 0 radical (unpaired) electrons. The van der Waals surface area contributed by atoms with Crippen molar-refractivity contribution in [2.45, 2.75) is 52.1 Å². The molecule has 0 spiro atoms. The smallest absolute Gasteiger partial charge is 0.220 e. The van der Waals surface area contributed by atoms with Crippen LogP contribution in [-0.4, -0.2) is 16.6 Å². The van der Waals surface area contributed by atoms with Crippen LogP contribution in [0.3, 0.4) is 0 Å². The molecule has 1 unspecified atom stereocenters. The lowest BCUT2D eigenvalue weighted by Gasteiger charge is -2.40. The third kappa shape index (κ3) is 2.71. The first-order chi connectivity index (χ1) is 6.85. The normalized spacial score (nSPS) is 31.3. The second-order valence-electron chi connectivity index (χ2n) is 5.33. The number of carbonyl (C=O) groups is 1. The van der Waals surface area contributed by atoms with Crippen LogP contribution in [0.4, 0.5) is 0 Å². The first-order valence-corrected chi connectivity index (χ1v) is 5.87. The summed E-state index contributed by atoms with van der Waals surface area (Å²) in [5.41, 5.74) is 4.67. The van der Waals surface area contributed by atoms with Crippen molar-refractivity contribution in [2.75, 3.05) is 0 Å². The zero-order chi connectivity index (χ0) is 11.6. The molecule has 0 aromatic rings. The van der Waals surface area contributed by atoms with Crippen LogP contribution in [0.15, 0.2) is 0 Å². The van der Waals surface area contributed by atoms with E-state index in [1.807, 2.05) is 20.8 Å². The standard InChI is InChI=1S/C12H23NO2/c1-8(2)12(3,15)10-6-4-9(5-7-10)11(13)14/h8-10,15H,4-7H2,1-3H3,(H2,13,14). The van der Waals surface area contributed by atoms with Gasteiger partial charge in [0.1, 0.15) is 0 Å². The molecule has 0 aromatic carbocycles. The first-order valence-electron chi connectivity index (χ1n) is 5.87. The fourth-order valence-electron chi connectivity index (χ4n) is 2.43. The Hall–Kier alpha value is -0.570. The molecule has 1 saturated carbocycles. The summed E-state index contributed by atoms with van der Waals surface area (Å²) in [4.78, 5) is 11.0. The molecule has 0 aromatic heterocycles. The van der Waals surface area contributed by atoms with E-state index in [1.165, 1.54) is 0 Å². The monoisotopic (exact) mass is 213 g/mol. The van der Waals surface area contributed by atoms with Crippen LogP contribution in [0, 0.1) is 17.8 Å². The Morgan fingerprint density at radius 1 is 1.33 bits per heavy atom. The maximum absolute atomic E-state index is 11.0. The van der Waals surface area contributed by atoms with E-state index in [9.17, 15) is 9.90 Å². The molecule has 88 valence electrons. The molecule has 0 aliphatic heterocycles. The lowest BCUT2D eigenvalue weighted by atomic mass is 9.70. The number of amides is 1. The van der Waals surface area contributed by atoms with E-state index < -0.39 is 5.60 Å². The van der Waals surface area contributed by atoms with Gasteiger partial charge in [-0.25, -0.2) is 0 Å². The van der Waals surface area contributed by atoms with Gasteiger partial charge in [0.05, 0.1) is 5.60 Å². The maximum atomic E-state index is 11.0. The van der Waals surface area contributed by atoms with Crippen LogP contribution in [-0.2, 0) is 4.79 Å². The second-order valence-corrected chi connectivity index (χ2v) is 5.33. The highest BCUT2D eigenvalue weighted by molar-refractivity contribution is 5.76. The largest absolute Gasteiger partial charge is 0.390 e. The number of hydrogen-bond donors (Lipinski definition) is 2. The molecule has 0 saturated heterocycles. The van der Waals surface area contributed by atoms with Crippen LogP contribution in [0.5, 0.6) is 0 Å². The van der Waals surface area contributed by atoms with Gasteiger partial charge in [-0.15, -0.1) is 0 Å². The predicted molar refractivity (Wildman–Crippen MR) is 60.1 cm³/mol. The molecule has 3 nitrogen and oxygen atoms in total. The quantitative estimate of drug-likeness (QED) is 0.749. The summed E-state index contributed by atoms with van der Waals surface area (Å²) in [7, 11) is 0. The Labute approximate surface area is 92.0 Å². The SMILES string of the molecule is CC(C)C(C)(O)C1CCC(C(N)=O)CC1. The molecule has 15 heavy (non-hydrogen) atoms. The molecule has 3 N–H and O–H groups in total. The van der Waals surface area contributed by atoms with Crippen molar-refractivity contribution in [3.05, 3.63) is 0 Å². The van der Waals surface area contributed by atoms with E-state index in [1.54, 1.807) is 0 Å². The fraction of sp³-hybridized carbons (Fsp3) is 0.917. The Balaban J connectivity index is 2.54. The summed E-state index contributed by atoms with van der Waals surface area (Å²) >= 11 is 0. The molecule has 3 heteroatoms. The van der Waals surface area contributed by atoms with Crippen LogP contribution >= 0.6 is 0 Å². The lowest BCUT2D eigenvalue weighted by Crippen LogP contribution is -2.42. The van der Waals surface area contributed by atoms with E-state index in [0.717, 1.165) is 25.7 Å². The number of hydrogen-bond acceptors (Lipinski definition) is 2. The predicted octanol–water partition coefficient (Wildman–Crippen LogP) is 1.69. The van der Waals surface area contributed by atoms with Crippen molar-refractivity contribution in [2.24, 2.45) is 23.5 Å². The molecule has 1 atom stereocenters. The summed E-state index contributed by atoms with van der Waals surface area (Å²) in [6.45, 7) is 5.99. The van der Waals surface area contributed by atoms with Gasteiger partial charge >= 0.3 is 0 Å². The Morgan fingerprint density at radius 3 is 2.13 bits per heavy atom. The van der Waals surface area contributed by atoms with Gasteiger partial charge in [-0.2, -0.15) is 0 Å². The highest BCUT2D eigenvalue weighted by atomic mass is 16.3. The van der Waals surface area contributed by atoms with Gasteiger partial charge in [0.25, 0.3) is 0 Å². The molecule has 1 rings (SSSR count). The minimum Gasteiger partial charge on any atom is -0.390 e. The molecule has 1 amide bonds. The van der Waals surface area contributed by atoms with Crippen molar-refractivity contribution in [3.8, 4) is 0 Å². The third-order valence-electron chi connectivity index (χ3n) is 4.12. The maximum Gasteiger partial charge on any atom is 0.220 e. The highest BCUT2D eigenvalue weighted by Gasteiger charge is 2.38. The zero-order valence-electron chi connectivity index (χ0n) is 9.99. The third-order valence-corrected chi connectivity index (χ3v) is 4.12. The summed E-state index contributed by atoms with van der Waals surface area (Å²) in [5.74, 6) is 0.419. The molecule has 1 aliphatic rings. The molecular formula is C12H23NO2. The average Bonchev–Trinajstić information content (AvgIpc) is 2.17. The van der Waals surface area contributed by atoms with E-state index in [4.69, 9.17) is 5.73 Å². The topological polar surface area (TPSA) is 63.3 Å². The summed E-state index contributed by atoms with van der Waals surface area (Å²) in [5, 5.41) is 10.3. The van der Waals surface area contributed by atoms with E-state index in [2.05, 4.69) is 0 Å². The van der Waals surface area contributed by atoms with Gasteiger partial charge in [-0.1, -0.05) is 13.8 Å². The molecule has 1 fully saturated rings. The highest BCUT2D eigenvalue weighted by Crippen LogP contribution is 2.38. The van der Waals surface area contributed by atoms with Crippen molar-refractivity contribution in [1.82, 2.24) is 0 Å².